The van der Waals surface area contributed by atoms with E-state index in [0.717, 1.165) is 30.0 Å². The van der Waals surface area contributed by atoms with Crippen LogP contribution >= 0.6 is 0 Å². The zero-order valence-electron chi connectivity index (χ0n) is 16.5. The summed E-state index contributed by atoms with van der Waals surface area (Å²) in [6.45, 7) is 2.84. The minimum absolute atomic E-state index is 0.139. The second-order valence-electron chi connectivity index (χ2n) is 7.11. The summed E-state index contributed by atoms with van der Waals surface area (Å²) in [5, 5.41) is 0. The van der Waals surface area contributed by atoms with Crippen LogP contribution in [0.4, 0.5) is 5.69 Å². The first-order valence-corrected chi connectivity index (χ1v) is 11.0. The van der Waals surface area contributed by atoms with E-state index in [1.165, 1.54) is 12.7 Å². The minimum Gasteiger partial charge on any atom is -0.495 e. The number of aryl methyl sites for hydroxylation is 1. The van der Waals surface area contributed by atoms with Gasteiger partial charge >= 0.3 is 0 Å². The summed E-state index contributed by atoms with van der Waals surface area (Å²) in [5.74, 6) is 1.05. The van der Waals surface area contributed by atoms with Crippen molar-refractivity contribution in [2.75, 3.05) is 25.1 Å². The molecule has 0 radical (unpaired) electrons. The van der Waals surface area contributed by atoms with Crippen LogP contribution in [0.15, 0.2) is 70.2 Å². The van der Waals surface area contributed by atoms with Gasteiger partial charge in [-0.05, 0) is 54.8 Å². The van der Waals surface area contributed by atoms with E-state index in [0.29, 0.717) is 5.75 Å². The molecule has 2 aromatic carbocycles. The molecule has 0 fully saturated rings. The summed E-state index contributed by atoms with van der Waals surface area (Å²) in [5.41, 5.74) is 3.22. The van der Waals surface area contributed by atoms with Gasteiger partial charge in [0.15, 0.2) is 0 Å². The molecule has 0 unspecified atom stereocenters. The molecule has 1 aliphatic heterocycles. The highest BCUT2D eigenvalue weighted by Crippen LogP contribution is 2.35. The number of para-hydroxylation sites is 1. The van der Waals surface area contributed by atoms with Gasteiger partial charge in [-0.2, -0.15) is 0 Å². The number of nitrogens with zero attached hydrogens (tertiary/aromatic N) is 1. The summed E-state index contributed by atoms with van der Waals surface area (Å²) >= 11 is 0. The van der Waals surface area contributed by atoms with Crippen LogP contribution in [0.1, 0.15) is 22.9 Å². The van der Waals surface area contributed by atoms with Gasteiger partial charge in [-0.3, -0.25) is 0 Å². The number of ether oxygens (including phenoxy) is 1. The zero-order valence-corrected chi connectivity index (χ0v) is 17.3. The number of hydrogen-bond acceptors (Lipinski definition) is 5. The van der Waals surface area contributed by atoms with Gasteiger partial charge in [0.25, 0.3) is 0 Å². The topological polar surface area (TPSA) is 71.8 Å². The van der Waals surface area contributed by atoms with Crippen LogP contribution in [-0.2, 0) is 16.4 Å². The fraction of sp³-hybridized carbons (Fsp3) is 0.273. The number of benzene rings is 2. The highest BCUT2D eigenvalue weighted by molar-refractivity contribution is 7.89. The first-order valence-electron chi connectivity index (χ1n) is 9.52. The van der Waals surface area contributed by atoms with E-state index < -0.39 is 10.0 Å². The van der Waals surface area contributed by atoms with Gasteiger partial charge < -0.3 is 14.1 Å². The third-order valence-electron chi connectivity index (χ3n) is 5.25. The molecule has 0 saturated carbocycles. The second kappa shape index (κ2) is 7.93. The molecule has 0 bridgehead atoms. The average molecular weight is 413 g/mol. The molecule has 0 amide bonds. The van der Waals surface area contributed by atoms with Gasteiger partial charge in [-0.1, -0.05) is 24.3 Å². The normalized spacial score (nSPS) is 14.6. The van der Waals surface area contributed by atoms with Gasteiger partial charge in [-0.25, -0.2) is 13.1 Å². The molecule has 3 aromatic rings. The molecule has 2 heterocycles. The molecule has 0 saturated heterocycles. The summed E-state index contributed by atoms with van der Waals surface area (Å²) in [4.78, 5) is 2.34. The summed E-state index contributed by atoms with van der Waals surface area (Å²) in [6, 6.07) is 16.8. The quantitative estimate of drug-likeness (QED) is 0.641. The van der Waals surface area contributed by atoms with E-state index >= 15 is 0 Å². The van der Waals surface area contributed by atoms with E-state index in [1.807, 2.05) is 37.3 Å². The molecule has 152 valence electrons. The first-order chi connectivity index (χ1) is 14.0. The fourth-order valence-corrected chi connectivity index (χ4v) is 5.08. The Hall–Kier alpha value is -2.77. The molecule has 0 spiro atoms. The van der Waals surface area contributed by atoms with Crippen molar-refractivity contribution >= 4 is 15.7 Å². The predicted molar refractivity (Wildman–Crippen MR) is 112 cm³/mol. The maximum Gasteiger partial charge on any atom is 0.244 e. The second-order valence-corrected chi connectivity index (χ2v) is 8.84. The van der Waals surface area contributed by atoms with Crippen molar-refractivity contribution in [1.29, 1.82) is 0 Å². The molecular formula is C22H24N2O4S. The summed E-state index contributed by atoms with van der Waals surface area (Å²) < 4.78 is 39.8. The fourth-order valence-electron chi connectivity index (χ4n) is 3.79. The number of methoxy groups -OCH3 is 1. The van der Waals surface area contributed by atoms with Crippen LogP contribution in [0.3, 0.4) is 0 Å². The molecule has 7 heteroatoms. The van der Waals surface area contributed by atoms with Crippen LogP contribution in [0, 0.1) is 6.92 Å². The molecule has 1 aliphatic rings. The molecule has 1 aromatic heterocycles. The lowest BCUT2D eigenvalue weighted by molar-refractivity contribution is 0.401. The van der Waals surface area contributed by atoms with Gasteiger partial charge in [0.05, 0.1) is 13.4 Å². The number of furan rings is 1. The van der Waals surface area contributed by atoms with Crippen molar-refractivity contribution in [2.45, 2.75) is 24.3 Å². The van der Waals surface area contributed by atoms with Gasteiger partial charge in [0.2, 0.25) is 10.0 Å². The smallest absolute Gasteiger partial charge is 0.244 e. The molecule has 4 rings (SSSR count). The van der Waals surface area contributed by atoms with E-state index in [-0.39, 0.29) is 17.5 Å². The van der Waals surface area contributed by atoms with Crippen molar-refractivity contribution in [3.05, 3.63) is 77.7 Å². The van der Waals surface area contributed by atoms with Crippen LogP contribution < -0.4 is 14.4 Å². The van der Waals surface area contributed by atoms with Crippen molar-refractivity contribution in [3.63, 3.8) is 0 Å². The van der Waals surface area contributed by atoms with E-state index in [4.69, 9.17) is 9.15 Å². The van der Waals surface area contributed by atoms with E-state index in [2.05, 4.69) is 21.8 Å². The highest BCUT2D eigenvalue weighted by atomic mass is 32.2. The maximum absolute atomic E-state index is 13.1. The van der Waals surface area contributed by atoms with Gasteiger partial charge in [0.1, 0.15) is 22.4 Å². The largest absolute Gasteiger partial charge is 0.495 e. The Morgan fingerprint density at radius 1 is 1.17 bits per heavy atom. The molecule has 29 heavy (non-hydrogen) atoms. The molecule has 6 nitrogen and oxygen atoms in total. The van der Waals surface area contributed by atoms with Crippen molar-refractivity contribution < 1.29 is 17.6 Å². The van der Waals surface area contributed by atoms with Gasteiger partial charge in [0, 0.05) is 18.8 Å². The predicted octanol–water partition coefficient (Wildman–Crippen LogP) is 3.68. The highest BCUT2D eigenvalue weighted by Gasteiger charge is 2.30. The Balaban J connectivity index is 1.63. The van der Waals surface area contributed by atoms with Gasteiger partial charge in [-0.15, -0.1) is 0 Å². The molecule has 1 atom stereocenters. The first kappa shape index (κ1) is 19.5. The Labute approximate surface area is 171 Å². The lowest BCUT2D eigenvalue weighted by atomic mass is 10.1. The zero-order chi connectivity index (χ0) is 20.4. The van der Waals surface area contributed by atoms with Crippen LogP contribution in [0.2, 0.25) is 0 Å². The van der Waals surface area contributed by atoms with E-state index in [1.54, 1.807) is 18.4 Å². The lowest BCUT2D eigenvalue weighted by Gasteiger charge is -2.29. The third kappa shape index (κ3) is 3.88. The van der Waals surface area contributed by atoms with Crippen LogP contribution in [0.5, 0.6) is 5.75 Å². The Kier molecular flexibility index (Phi) is 5.34. The maximum atomic E-state index is 13.1. The summed E-state index contributed by atoms with van der Waals surface area (Å²) in [7, 11) is -2.29. The molecular weight excluding hydrogens is 388 g/mol. The monoisotopic (exact) mass is 412 g/mol. The Bertz CT molecular complexity index is 1090. The Morgan fingerprint density at radius 3 is 2.76 bits per heavy atom. The number of hydrogen-bond donors (Lipinski definition) is 1. The standard InChI is InChI=1S/C22H24N2O4S/c1-16-9-10-21(27-2)22(14-16)29(25,26)23-15-19(20-8-5-13-28-20)24-12-11-17-6-3-4-7-18(17)24/h3-10,13-14,19,23H,11-12,15H2,1-2H3/t19-/m0/s1. The number of sulfonamides is 1. The summed E-state index contributed by atoms with van der Waals surface area (Å²) in [6.07, 6.45) is 2.54. The number of rotatable bonds is 7. The molecule has 1 N–H and O–H groups in total. The number of fused-ring (bicyclic) bond motifs is 1. The number of nitrogens with one attached hydrogen (secondary N) is 1. The van der Waals surface area contributed by atoms with Crippen molar-refractivity contribution in [2.24, 2.45) is 0 Å². The van der Waals surface area contributed by atoms with Crippen molar-refractivity contribution in [3.8, 4) is 5.75 Å². The third-order valence-corrected chi connectivity index (χ3v) is 6.69. The van der Waals surface area contributed by atoms with E-state index in [9.17, 15) is 8.42 Å². The number of anilines is 1. The lowest BCUT2D eigenvalue weighted by Crippen LogP contribution is -2.37. The minimum atomic E-state index is -3.76. The molecule has 0 aliphatic carbocycles. The van der Waals surface area contributed by atoms with Crippen molar-refractivity contribution in [1.82, 2.24) is 4.72 Å². The average Bonchev–Trinajstić information content (AvgIpc) is 3.39. The Morgan fingerprint density at radius 2 is 2.00 bits per heavy atom. The SMILES string of the molecule is COc1ccc(C)cc1S(=O)(=O)NC[C@@H](c1ccco1)N1CCc2ccccc21. The van der Waals surface area contributed by atoms with Crippen LogP contribution in [0.25, 0.3) is 0 Å². The van der Waals surface area contributed by atoms with Crippen LogP contribution in [-0.4, -0.2) is 28.6 Å².